The number of hydrogen-bond donors (Lipinski definition) is 0. The molecule has 0 fully saturated rings. The summed E-state index contributed by atoms with van der Waals surface area (Å²) in [7, 11) is 0. The first-order valence-corrected chi connectivity index (χ1v) is 29.8. The lowest BCUT2D eigenvalue weighted by molar-refractivity contribution is 0.590. The molecule has 0 saturated carbocycles. The molecule has 402 valence electrons. The lowest BCUT2D eigenvalue weighted by Gasteiger charge is -2.46. The molecule has 2 aliphatic heterocycles. The van der Waals surface area contributed by atoms with Crippen LogP contribution in [-0.2, 0) is 17.3 Å². The Labute approximate surface area is 488 Å². The van der Waals surface area contributed by atoms with E-state index in [1.165, 1.54) is 128 Å². The number of rotatable bonds is 9. The number of furan rings is 1. The Hall–Kier alpha value is -9.32. The van der Waals surface area contributed by atoms with Gasteiger partial charge in [-0.1, -0.05) is 219 Å². The van der Waals surface area contributed by atoms with Gasteiger partial charge in [0.25, 0.3) is 6.71 Å². The molecule has 2 aromatic heterocycles. The van der Waals surface area contributed by atoms with Crippen molar-refractivity contribution in [2.45, 2.75) is 78.6 Å². The highest BCUT2D eigenvalue weighted by Crippen LogP contribution is 2.54. The van der Waals surface area contributed by atoms with E-state index >= 15 is 0 Å². The van der Waals surface area contributed by atoms with Crippen molar-refractivity contribution >= 4 is 101 Å². The summed E-state index contributed by atoms with van der Waals surface area (Å²) >= 11 is 0. The molecule has 0 N–H and O–H groups in total. The monoisotopic (exact) mass is 1070 g/mol. The highest BCUT2D eigenvalue weighted by molar-refractivity contribution is 7.00. The van der Waals surface area contributed by atoms with Crippen LogP contribution >= 0.6 is 0 Å². The van der Waals surface area contributed by atoms with Crippen LogP contribution in [0.15, 0.2) is 241 Å². The number of anilines is 6. The number of aromatic nitrogens is 1. The van der Waals surface area contributed by atoms with Crippen molar-refractivity contribution in [3.8, 4) is 39.1 Å². The molecule has 4 nitrogen and oxygen atoms in total. The second-order valence-electron chi connectivity index (χ2n) is 25.1. The van der Waals surface area contributed by atoms with E-state index in [1.807, 2.05) is 0 Å². The molecule has 0 amide bonds. The number of benzene rings is 11. The normalized spacial score (nSPS) is 13.1. The molecule has 0 unspecified atom stereocenters. The second-order valence-corrected chi connectivity index (χ2v) is 25.1. The summed E-state index contributed by atoms with van der Waals surface area (Å²) < 4.78 is 9.26. The first-order valence-electron chi connectivity index (χ1n) is 29.8. The molecule has 0 spiro atoms. The van der Waals surface area contributed by atoms with E-state index in [2.05, 4.69) is 299 Å². The maximum Gasteiger partial charge on any atom is 0.252 e. The first kappa shape index (κ1) is 50.6. The van der Waals surface area contributed by atoms with Gasteiger partial charge in [-0.3, -0.25) is 0 Å². The van der Waals surface area contributed by atoms with Gasteiger partial charge in [0.2, 0.25) is 0 Å². The Balaban J connectivity index is 1.12. The third-order valence-corrected chi connectivity index (χ3v) is 17.9. The molecular formula is C78H66BN3O. The summed E-state index contributed by atoms with van der Waals surface area (Å²) in [6, 6.07) is 89.0. The van der Waals surface area contributed by atoms with E-state index in [9.17, 15) is 0 Å². The molecule has 15 rings (SSSR count). The second kappa shape index (κ2) is 19.4. The average molecular weight is 1070 g/mol. The lowest BCUT2D eigenvalue weighted by atomic mass is 9.33. The minimum atomic E-state index is -0.239. The van der Waals surface area contributed by atoms with Gasteiger partial charge in [-0.25, -0.2) is 0 Å². The summed E-state index contributed by atoms with van der Waals surface area (Å²) in [5.41, 5.74) is 26.9. The van der Waals surface area contributed by atoms with E-state index in [-0.39, 0.29) is 17.5 Å². The average Bonchev–Trinajstić information content (AvgIpc) is 1.81. The zero-order chi connectivity index (χ0) is 56.3. The maximum absolute atomic E-state index is 6.78. The van der Waals surface area contributed by atoms with Crippen LogP contribution in [-0.4, -0.2) is 11.3 Å². The van der Waals surface area contributed by atoms with Crippen molar-refractivity contribution in [3.63, 3.8) is 0 Å². The number of aryl methyl sites for hydroxylation is 1. The van der Waals surface area contributed by atoms with Crippen LogP contribution in [0.4, 0.5) is 34.1 Å². The molecule has 13 aromatic rings. The predicted molar refractivity (Wildman–Crippen MR) is 354 cm³/mol. The van der Waals surface area contributed by atoms with E-state index in [0.29, 0.717) is 0 Å². The quantitative estimate of drug-likeness (QED) is 0.135. The number of nitrogens with zero attached hydrogens (tertiary/aromatic N) is 3. The summed E-state index contributed by atoms with van der Waals surface area (Å²) in [5, 5.41) is 4.85. The van der Waals surface area contributed by atoms with Crippen LogP contribution in [0, 0.1) is 0 Å². The van der Waals surface area contributed by atoms with Crippen molar-refractivity contribution in [2.75, 3.05) is 9.80 Å². The Bertz CT molecular complexity index is 4580. The third kappa shape index (κ3) is 8.18. The zero-order valence-corrected chi connectivity index (χ0v) is 48.5. The lowest BCUT2D eigenvalue weighted by Crippen LogP contribution is -2.61. The van der Waals surface area contributed by atoms with Crippen LogP contribution in [0.1, 0.15) is 78.0 Å². The Morgan fingerprint density at radius 3 is 1.57 bits per heavy atom. The van der Waals surface area contributed by atoms with Gasteiger partial charge in [0.15, 0.2) is 0 Å². The fraction of sp³-hybridized carbons (Fsp3) is 0.154. The fourth-order valence-corrected chi connectivity index (χ4v) is 13.7. The topological polar surface area (TPSA) is 24.6 Å². The smallest absolute Gasteiger partial charge is 0.252 e. The van der Waals surface area contributed by atoms with Gasteiger partial charge in [-0.2, -0.15) is 0 Å². The molecule has 0 radical (unpaired) electrons. The predicted octanol–water partition coefficient (Wildman–Crippen LogP) is 19.7. The van der Waals surface area contributed by atoms with E-state index in [0.717, 1.165) is 41.5 Å². The van der Waals surface area contributed by atoms with Gasteiger partial charge >= 0.3 is 0 Å². The summed E-state index contributed by atoms with van der Waals surface area (Å²) in [5.74, 6) is 0. The number of unbranched alkanes of at least 4 members (excludes halogenated alkanes) is 1. The molecule has 83 heavy (non-hydrogen) atoms. The van der Waals surface area contributed by atoms with Gasteiger partial charge in [0, 0.05) is 61.1 Å². The first-order chi connectivity index (χ1) is 40.4. The summed E-state index contributed by atoms with van der Waals surface area (Å²) in [6.45, 7) is 16.3. The highest BCUT2D eigenvalue weighted by atomic mass is 16.3. The van der Waals surface area contributed by atoms with Crippen molar-refractivity contribution < 1.29 is 4.42 Å². The molecule has 0 atom stereocenters. The molecule has 4 heterocycles. The molecule has 0 aliphatic carbocycles. The van der Waals surface area contributed by atoms with Crippen LogP contribution in [0.5, 0.6) is 0 Å². The Morgan fingerprint density at radius 2 is 0.952 bits per heavy atom. The summed E-state index contributed by atoms with van der Waals surface area (Å²) in [6.07, 6.45) is 3.00. The van der Waals surface area contributed by atoms with E-state index < -0.39 is 0 Å². The molecular weight excluding hydrogens is 1010 g/mol. The SMILES string of the molecule is CCCCc1c(N2c3cc(-n4c5ccccc5c5ccccc54)ccc3B3c4cc(-c5ccccc5)ccc4N(c4c(-c5ccccc5)cc(C(C)(C)C)cc4-c4ccccc4)c4cc(C(C)(C)C)cc2c43)ccc2oc3ccccc3c12. The Morgan fingerprint density at radius 1 is 0.410 bits per heavy atom. The molecule has 0 saturated heterocycles. The maximum atomic E-state index is 6.78. The minimum Gasteiger partial charge on any atom is -0.456 e. The van der Waals surface area contributed by atoms with Gasteiger partial charge in [-0.15, -0.1) is 0 Å². The Kier molecular flexibility index (Phi) is 11.8. The van der Waals surface area contributed by atoms with Crippen molar-refractivity contribution in [1.82, 2.24) is 4.57 Å². The van der Waals surface area contributed by atoms with Gasteiger partial charge in [0.1, 0.15) is 11.2 Å². The number of para-hydroxylation sites is 3. The minimum absolute atomic E-state index is 0.133. The summed E-state index contributed by atoms with van der Waals surface area (Å²) in [4.78, 5) is 5.37. The molecule has 2 aliphatic rings. The van der Waals surface area contributed by atoms with Gasteiger partial charge < -0.3 is 18.8 Å². The molecule has 0 bridgehead atoms. The van der Waals surface area contributed by atoms with Crippen LogP contribution in [0.2, 0.25) is 0 Å². The van der Waals surface area contributed by atoms with Crippen molar-refractivity contribution in [1.29, 1.82) is 0 Å². The zero-order valence-electron chi connectivity index (χ0n) is 48.5. The van der Waals surface area contributed by atoms with E-state index in [4.69, 9.17) is 4.42 Å². The molecule has 11 aromatic carbocycles. The van der Waals surface area contributed by atoms with E-state index in [1.54, 1.807) is 0 Å². The van der Waals surface area contributed by atoms with Crippen LogP contribution < -0.4 is 26.2 Å². The number of fused-ring (bicyclic) bond motifs is 10. The fourth-order valence-electron chi connectivity index (χ4n) is 13.7. The van der Waals surface area contributed by atoms with Gasteiger partial charge in [0.05, 0.1) is 22.4 Å². The van der Waals surface area contributed by atoms with Crippen LogP contribution in [0.3, 0.4) is 0 Å². The van der Waals surface area contributed by atoms with Crippen molar-refractivity contribution in [3.05, 3.63) is 253 Å². The molecule has 5 heteroatoms. The largest absolute Gasteiger partial charge is 0.456 e. The standard InChI is InChI=1S/C78H66BN3O/c1-8-9-31-59-67(42-43-73-74(59)60-34-21-24-37-72(60)83-73)81-69-49-56(80-65-35-22-19-32-57(65)58-33-20-23-36-66(58)80)39-40-63(69)79-64-44-53(50-25-13-10-14-26-50)38-41-68(64)82(71-48-55(78(5,6)7)47-70(81)75(71)79)76-61(51-27-15-11-16-28-51)45-54(77(2,3)4)46-62(76)52-29-17-12-18-30-52/h10-30,32-49H,8-9,31H2,1-7H3. The van der Waals surface area contributed by atoms with Gasteiger partial charge in [-0.05, 0) is 152 Å². The van der Waals surface area contributed by atoms with Crippen LogP contribution in [0.25, 0.3) is 82.8 Å². The number of hydrogen-bond acceptors (Lipinski definition) is 3. The highest BCUT2D eigenvalue weighted by Gasteiger charge is 2.46. The third-order valence-electron chi connectivity index (χ3n) is 17.9. The van der Waals surface area contributed by atoms with Crippen molar-refractivity contribution in [2.24, 2.45) is 0 Å².